The van der Waals surface area contributed by atoms with Gasteiger partial charge in [0.2, 0.25) is 0 Å². The van der Waals surface area contributed by atoms with Gasteiger partial charge in [-0.25, -0.2) is 4.79 Å². The molecule has 2 N–H and O–H groups in total. The van der Waals surface area contributed by atoms with Gasteiger partial charge in [0, 0.05) is 18.1 Å². The number of nitrogens with zero attached hydrogens (tertiary/aromatic N) is 1. The molecule has 1 saturated heterocycles. The average molecular weight is 269 g/mol. The highest BCUT2D eigenvalue weighted by atomic mass is 35.5. The summed E-state index contributed by atoms with van der Waals surface area (Å²) in [6, 6.07) is 7.79. The van der Waals surface area contributed by atoms with E-state index in [1.54, 1.807) is 0 Å². The molecule has 1 aromatic rings. The number of nitrogens with two attached hydrogens (primary N) is 1. The topological polar surface area (TPSA) is 55.6 Å². The molecule has 1 fully saturated rings. The second kappa shape index (κ2) is 6.07. The third-order valence-electron chi connectivity index (χ3n) is 3.10. The zero-order valence-electron chi connectivity index (χ0n) is 10.1. The van der Waals surface area contributed by atoms with Crippen molar-refractivity contribution in [1.82, 2.24) is 4.90 Å². The van der Waals surface area contributed by atoms with Crippen molar-refractivity contribution in [3.8, 4) is 0 Å². The molecule has 1 aliphatic rings. The van der Waals surface area contributed by atoms with Gasteiger partial charge in [-0.1, -0.05) is 29.8 Å². The van der Waals surface area contributed by atoms with Crippen molar-refractivity contribution in [3.05, 3.63) is 34.9 Å². The number of halogens is 1. The number of amides is 1. The second-order valence-electron chi connectivity index (χ2n) is 4.53. The minimum atomic E-state index is -0.695. The van der Waals surface area contributed by atoms with Crippen molar-refractivity contribution >= 4 is 17.7 Å². The Morgan fingerprint density at radius 3 is 3.00 bits per heavy atom. The number of primary amides is 1. The SMILES string of the molecule is NC(=O)O[C@H]1CCCN(Cc2ccccc2Cl)C1. The summed E-state index contributed by atoms with van der Waals surface area (Å²) in [6.45, 7) is 2.48. The van der Waals surface area contributed by atoms with Crippen LogP contribution in [0.15, 0.2) is 24.3 Å². The summed E-state index contributed by atoms with van der Waals surface area (Å²) < 4.78 is 5.05. The van der Waals surface area contributed by atoms with Gasteiger partial charge in [0.1, 0.15) is 6.10 Å². The zero-order chi connectivity index (χ0) is 13.0. The first-order valence-electron chi connectivity index (χ1n) is 6.07. The monoisotopic (exact) mass is 268 g/mol. The number of rotatable bonds is 3. The first-order valence-corrected chi connectivity index (χ1v) is 6.45. The molecule has 98 valence electrons. The van der Waals surface area contributed by atoms with E-state index in [1.165, 1.54) is 0 Å². The van der Waals surface area contributed by atoms with Crippen LogP contribution in [0.2, 0.25) is 5.02 Å². The van der Waals surface area contributed by atoms with E-state index >= 15 is 0 Å². The van der Waals surface area contributed by atoms with Crippen molar-refractivity contribution < 1.29 is 9.53 Å². The molecule has 4 nitrogen and oxygen atoms in total. The fourth-order valence-corrected chi connectivity index (χ4v) is 2.48. The van der Waals surface area contributed by atoms with E-state index in [2.05, 4.69) is 4.90 Å². The summed E-state index contributed by atoms with van der Waals surface area (Å²) in [7, 11) is 0. The number of carbonyl (C=O) groups excluding carboxylic acids is 1. The lowest BCUT2D eigenvalue weighted by Gasteiger charge is -2.32. The molecule has 0 bridgehead atoms. The van der Waals surface area contributed by atoms with E-state index in [4.69, 9.17) is 22.1 Å². The van der Waals surface area contributed by atoms with Crippen LogP contribution in [0.25, 0.3) is 0 Å². The van der Waals surface area contributed by atoms with Crippen LogP contribution >= 0.6 is 11.6 Å². The molecule has 2 rings (SSSR count). The zero-order valence-corrected chi connectivity index (χ0v) is 10.9. The third-order valence-corrected chi connectivity index (χ3v) is 3.47. The van der Waals surface area contributed by atoms with Gasteiger partial charge in [-0.15, -0.1) is 0 Å². The van der Waals surface area contributed by atoms with Crippen LogP contribution in [-0.4, -0.2) is 30.2 Å². The maximum atomic E-state index is 10.7. The smallest absolute Gasteiger partial charge is 0.404 e. The highest BCUT2D eigenvalue weighted by molar-refractivity contribution is 6.31. The first-order chi connectivity index (χ1) is 8.65. The van der Waals surface area contributed by atoms with Gasteiger partial charge < -0.3 is 10.5 Å². The van der Waals surface area contributed by atoms with Gasteiger partial charge in [0.15, 0.2) is 0 Å². The van der Waals surface area contributed by atoms with Crippen LogP contribution in [0.5, 0.6) is 0 Å². The van der Waals surface area contributed by atoms with E-state index in [-0.39, 0.29) is 6.10 Å². The number of piperidine rings is 1. The molecule has 0 saturated carbocycles. The molecule has 0 aromatic heterocycles. The van der Waals surface area contributed by atoms with Crippen molar-refractivity contribution in [2.45, 2.75) is 25.5 Å². The molecule has 1 atom stereocenters. The van der Waals surface area contributed by atoms with Crippen LogP contribution in [0, 0.1) is 0 Å². The van der Waals surface area contributed by atoms with Gasteiger partial charge in [-0.3, -0.25) is 4.90 Å². The molecular weight excluding hydrogens is 252 g/mol. The van der Waals surface area contributed by atoms with Crippen molar-refractivity contribution in [2.75, 3.05) is 13.1 Å². The molecule has 0 unspecified atom stereocenters. The minimum absolute atomic E-state index is 0.0984. The van der Waals surface area contributed by atoms with Gasteiger partial charge in [-0.2, -0.15) is 0 Å². The van der Waals surface area contributed by atoms with Crippen LogP contribution in [-0.2, 0) is 11.3 Å². The Morgan fingerprint density at radius 1 is 1.50 bits per heavy atom. The predicted molar refractivity (Wildman–Crippen MR) is 70.4 cm³/mol. The number of hydrogen-bond acceptors (Lipinski definition) is 3. The molecule has 18 heavy (non-hydrogen) atoms. The average Bonchev–Trinajstić information content (AvgIpc) is 2.32. The van der Waals surface area contributed by atoms with Gasteiger partial charge >= 0.3 is 6.09 Å². The normalized spacial score (nSPS) is 20.6. The van der Waals surface area contributed by atoms with Crippen LogP contribution in [0.1, 0.15) is 18.4 Å². The van der Waals surface area contributed by atoms with Crippen molar-refractivity contribution in [3.63, 3.8) is 0 Å². The summed E-state index contributed by atoms with van der Waals surface area (Å²) in [5.41, 5.74) is 6.14. The molecule has 1 aliphatic heterocycles. The van der Waals surface area contributed by atoms with E-state index < -0.39 is 6.09 Å². The van der Waals surface area contributed by atoms with E-state index in [0.717, 1.165) is 36.5 Å². The minimum Gasteiger partial charge on any atom is -0.445 e. The van der Waals surface area contributed by atoms with Gasteiger partial charge in [-0.05, 0) is 31.0 Å². The number of ether oxygens (including phenoxy) is 1. The molecule has 1 heterocycles. The van der Waals surface area contributed by atoms with Gasteiger partial charge in [0.05, 0.1) is 0 Å². The third kappa shape index (κ3) is 3.62. The Kier molecular flexibility index (Phi) is 4.44. The Hall–Kier alpha value is -1.26. The lowest BCUT2D eigenvalue weighted by molar-refractivity contribution is 0.0447. The fourth-order valence-electron chi connectivity index (χ4n) is 2.28. The number of likely N-dealkylation sites (tertiary alicyclic amines) is 1. The highest BCUT2D eigenvalue weighted by Crippen LogP contribution is 2.20. The molecular formula is C13H17ClN2O2. The molecule has 0 radical (unpaired) electrons. The Balaban J connectivity index is 1.93. The fraction of sp³-hybridized carbons (Fsp3) is 0.462. The summed E-state index contributed by atoms with van der Waals surface area (Å²) in [4.78, 5) is 13.0. The molecule has 0 spiro atoms. The van der Waals surface area contributed by atoms with Crippen LogP contribution in [0.3, 0.4) is 0 Å². The first kappa shape index (κ1) is 13.2. The van der Waals surface area contributed by atoms with Crippen molar-refractivity contribution in [1.29, 1.82) is 0 Å². The van der Waals surface area contributed by atoms with Crippen LogP contribution < -0.4 is 5.73 Å². The predicted octanol–water partition coefficient (Wildman–Crippen LogP) is 2.40. The molecule has 1 amide bonds. The maximum absolute atomic E-state index is 10.7. The Bertz CT molecular complexity index is 425. The summed E-state index contributed by atoms with van der Waals surface area (Å²) in [5.74, 6) is 0. The quantitative estimate of drug-likeness (QED) is 0.916. The summed E-state index contributed by atoms with van der Waals surface area (Å²) in [6.07, 6.45) is 1.09. The van der Waals surface area contributed by atoms with E-state index in [0.29, 0.717) is 6.54 Å². The second-order valence-corrected chi connectivity index (χ2v) is 4.93. The Morgan fingerprint density at radius 2 is 2.28 bits per heavy atom. The summed E-state index contributed by atoms with van der Waals surface area (Å²) in [5, 5.41) is 0.774. The number of benzene rings is 1. The van der Waals surface area contributed by atoms with Gasteiger partial charge in [0.25, 0.3) is 0 Å². The molecule has 5 heteroatoms. The maximum Gasteiger partial charge on any atom is 0.404 e. The molecule has 0 aliphatic carbocycles. The standard InChI is InChI=1S/C13H17ClN2O2/c14-12-6-2-1-4-10(12)8-16-7-3-5-11(9-16)18-13(15)17/h1-2,4,6,11H,3,5,7-9H2,(H2,15,17)/t11-/m0/s1. The molecule has 1 aromatic carbocycles. The Labute approximate surface area is 112 Å². The van der Waals surface area contributed by atoms with Crippen LogP contribution in [0.4, 0.5) is 4.79 Å². The van der Waals surface area contributed by atoms with E-state index in [1.807, 2.05) is 24.3 Å². The lowest BCUT2D eigenvalue weighted by atomic mass is 10.1. The largest absolute Gasteiger partial charge is 0.445 e. The number of hydrogen-bond donors (Lipinski definition) is 1. The van der Waals surface area contributed by atoms with E-state index in [9.17, 15) is 4.79 Å². The lowest BCUT2D eigenvalue weighted by Crippen LogP contribution is -2.40. The number of carbonyl (C=O) groups is 1. The highest BCUT2D eigenvalue weighted by Gasteiger charge is 2.22. The summed E-state index contributed by atoms with van der Waals surface area (Å²) >= 11 is 6.13. The van der Waals surface area contributed by atoms with Crippen molar-refractivity contribution in [2.24, 2.45) is 5.73 Å².